The average molecular weight is 377 g/mol. The molecule has 5 nitrogen and oxygen atoms in total. The molecule has 6 heteroatoms. The number of likely N-dealkylation sites (N-methyl/N-ethyl adjacent to an activating group) is 1. The van der Waals surface area contributed by atoms with Crippen molar-refractivity contribution in [2.24, 2.45) is 5.73 Å². The molecule has 2 atom stereocenters. The summed E-state index contributed by atoms with van der Waals surface area (Å²) in [5.74, 6) is 1.32. The quantitative estimate of drug-likeness (QED) is 0.871. The molecule has 140 valence electrons. The van der Waals surface area contributed by atoms with Crippen molar-refractivity contribution in [2.75, 3.05) is 19.7 Å². The van der Waals surface area contributed by atoms with Crippen LogP contribution in [0.25, 0.3) is 0 Å². The van der Waals surface area contributed by atoms with Gasteiger partial charge in [0.05, 0.1) is 6.54 Å². The van der Waals surface area contributed by atoms with Gasteiger partial charge in [-0.15, -0.1) is 12.4 Å². The van der Waals surface area contributed by atoms with Gasteiger partial charge < -0.3 is 20.1 Å². The van der Waals surface area contributed by atoms with E-state index in [1.54, 1.807) is 11.8 Å². The van der Waals surface area contributed by atoms with Gasteiger partial charge in [0.2, 0.25) is 5.91 Å². The largest absolute Gasteiger partial charge is 0.486 e. The molecule has 0 spiro atoms. The number of nitrogens with zero attached hydrogens (tertiary/aromatic N) is 1. The normalized spacial score (nSPS) is 17.6. The van der Waals surface area contributed by atoms with Crippen LogP contribution in [0.3, 0.4) is 0 Å². The summed E-state index contributed by atoms with van der Waals surface area (Å²) in [6, 6.07) is 17.0. The van der Waals surface area contributed by atoms with Crippen LogP contribution in [0.15, 0.2) is 54.6 Å². The molecule has 0 fully saturated rings. The number of nitrogens with two attached hydrogens (primary N) is 1. The topological polar surface area (TPSA) is 64.8 Å². The third-order valence-electron chi connectivity index (χ3n) is 4.48. The SMILES string of the molecule is CCN(CC1COc2ccccc2O1)C(=O)C(C)(N)c1ccccc1.Cl. The summed E-state index contributed by atoms with van der Waals surface area (Å²) in [4.78, 5) is 14.8. The van der Waals surface area contributed by atoms with E-state index < -0.39 is 5.54 Å². The predicted octanol–water partition coefficient (Wildman–Crippen LogP) is 2.97. The van der Waals surface area contributed by atoms with E-state index in [1.165, 1.54) is 0 Å². The second-order valence-corrected chi connectivity index (χ2v) is 6.41. The van der Waals surface area contributed by atoms with Gasteiger partial charge in [-0.1, -0.05) is 42.5 Å². The first kappa shape index (κ1) is 20.1. The van der Waals surface area contributed by atoms with Crippen LogP contribution in [-0.4, -0.2) is 36.6 Å². The molecule has 1 heterocycles. The Morgan fingerprint density at radius 2 is 1.77 bits per heavy atom. The van der Waals surface area contributed by atoms with E-state index in [0.29, 0.717) is 25.4 Å². The van der Waals surface area contributed by atoms with Crippen LogP contribution >= 0.6 is 12.4 Å². The van der Waals surface area contributed by atoms with Crippen molar-refractivity contribution in [2.45, 2.75) is 25.5 Å². The van der Waals surface area contributed by atoms with E-state index >= 15 is 0 Å². The lowest BCUT2D eigenvalue weighted by molar-refractivity contribution is -0.138. The van der Waals surface area contributed by atoms with Gasteiger partial charge in [-0.25, -0.2) is 0 Å². The summed E-state index contributed by atoms with van der Waals surface area (Å²) in [6.45, 7) is 5.09. The molecule has 0 saturated carbocycles. The number of amides is 1. The molecule has 1 amide bonds. The van der Waals surface area contributed by atoms with Crippen molar-refractivity contribution in [1.82, 2.24) is 4.90 Å². The molecule has 2 N–H and O–H groups in total. The molecule has 2 aromatic carbocycles. The van der Waals surface area contributed by atoms with Crippen molar-refractivity contribution in [1.29, 1.82) is 0 Å². The Balaban J connectivity index is 0.00000243. The van der Waals surface area contributed by atoms with Crippen LogP contribution in [0, 0.1) is 0 Å². The number of hydrogen-bond acceptors (Lipinski definition) is 4. The van der Waals surface area contributed by atoms with Crippen molar-refractivity contribution >= 4 is 18.3 Å². The first-order valence-electron chi connectivity index (χ1n) is 8.54. The maximum Gasteiger partial charge on any atom is 0.247 e. The molecule has 0 saturated heterocycles. The molecule has 2 unspecified atom stereocenters. The second-order valence-electron chi connectivity index (χ2n) is 6.41. The van der Waals surface area contributed by atoms with E-state index in [1.807, 2.05) is 61.5 Å². The van der Waals surface area contributed by atoms with E-state index in [-0.39, 0.29) is 24.4 Å². The van der Waals surface area contributed by atoms with Gasteiger partial charge in [-0.3, -0.25) is 4.79 Å². The highest BCUT2D eigenvalue weighted by Crippen LogP contribution is 2.31. The highest BCUT2D eigenvalue weighted by molar-refractivity contribution is 5.87. The van der Waals surface area contributed by atoms with E-state index in [0.717, 1.165) is 11.3 Å². The lowest BCUT2D eigenvalue weighted by atomic mass is 9.91. The lowest BCUT2D eigenvalue weighted by Crippen LogP contribution is -2.54. The van der Waals surface area contributed by atoms with E-state index in [2.05, 4.69) is 0 Å². The molecule has 2 aromatic rings. The zero-order chi connectivity index (χ0) is 17.9. The van der Waals surface area contributed by atoms with Gasteiger partial charge in [0, 0.05) is 6.54 Å². The first-order valence-corrected chi connectivity index (χ1v) is 8.54. The molecule has 1 aliphatic rings. The lowest BCUT2D eigenvalue weighted by Gasteiger charge is -2.35. The average Bonchev–Trinajstić information content (AvgIpc) is 2.66. The van der Waals surface area contributed by atoms with Crippen LogP contribution in [0.5, 0.6) is 11.5 Å². The summed E-state index contributed by atoms with van der Waals surface area (Å²) in [6.07, 6.45) is -0.217. The number of para-hydroxylation sites is 2. The molecule has 26 heavy (non-hydrogen) atoms. The molecular formula is C20H25ClN2O3. The van der Waals surface area contributed by atoms with Gasteiger partial charge in [0.25, 0.3) is 0 Å². The van der Waals surface area contributed by atoms with E-state index in [4.69, 9.17) is 15.2 Å². The first-order chi connectivity index (χ1) is 12.0. The zero-order valence-electron chi connectivity index (χ0n) is 15.1. The number of ether oxygens (including phenoxy) is 2. The summed E-state index contributed by atoms with van der Waals surface area (Å²) >= 11 is 0. The monoisotopic (exact) mass is 376 g/mol. The fraction of sp³-hybridized carbons (Fsp3) is 0.350. The van der Waals surface area contributed by atoms with Crippen molar-refractivity contribution in [3.05, 3.63) is 60.2 Å². The number of rotatable bonds is 5. The molecule has 0 aromatic heterocycles. The third-order valence-corrected chi connectivity index (χ3v) is 4.48. The summed E-state index contributed by atoms with van der Waals surface area (Å²) < 4.78 is 11.7. The minimum Gasteiger partial charge on any atom is -0.486 e. The van der Waals surface area contributed by atoms with Gasteiger partial charge in [-0.05, 0) is 31.5 Å². The Hall–Kier alpha value is -2.24. The molecule has 0 radical (unpaired) electrons. The minimum atomic E-state index is -1.08. The highest BCUT2D eigenvalue weighted by Gasteiger charge is 2.35. The Kier molecular flexibility index (Phi) is 6.51. The van der Waals surface area contributed by atoms with Crippen LogP contribution in [-0.2, 0) is 10.3 Å². The summed E-state index contributed by atoms with van der Waals surface area (Å²) in [7, 11) is 0. The standard InChI is InChI=1S/C20H24N2O3.ClH/c1-3-22(19(23)20(2,21)15-9-5-4-6-10-15)13-16-14-24-17-11-7-8-12-18(17)25-16;/h4-12,16H,3,13-14,21H2,1-2H3;1H. The predicted molar refractivity (Wildman–Crippen MR) is 104 cm³/mol. The maximum absolute atomic E-state index is 13.0. The number of benzene rings is 2. The maximum atomic E-state index is 13.0. The third kappa shape index (κ3) is 4.11. The number of fused-ring (bicyclic) bond motifs is 1. The number of carbonyl (C=O) groups excluding carboxylic acids is 1. The minimum absolute atomic E-state index is 0. The van der Waals surface area contributed by atoms with Gasteiger partial charge in [0.15, 0.2) is 17.6 Å². The molecule has 0 aliphatic carbocycles. The Morgan fingerprint density at radius 3 is 2.42 bits per heavy atom. The number of hydrogen-bond donors (Lipinski definition) is 1. The molecule has 1 aliphatic heterocycles. The van der Waals surface area contributed by atoms with Crippen molar-refractivity contribution in [3.63, 3.8) is 0 Å². The number of carbonyl (C=O) groups is 1. The Morgan fingerprint density at radius 1 is 1.15 bits per heavy atom. The van der Waals surface area contributed by atoms with Gasteiger partial charge >= 0.3 is 0 Å². The van der Waals surface area contributed by atoms with Crippen molar-refractivity contribution in [3.8, 4) is 11.5 Å². The summed E-state index contributed by atoms with van der Waals surface area (Å²) in [5.41, 5.74) is 6.09. The Bertz CT molecular complexity index is 737. The molecule has 3 rings (SSSR count). The smallest absolute Gasteiger partial charge is 0.247 e. The zero-order valence-corrected chi connectivity index (χ0v) is 15.9. The van der Waals surface area contributed by atoms with Crippen LogP contribution in [0.2, 0.25) is 0 Å². The van der Waals surface area contributed by atoms with Crippen molar-refractivity contribution < 1.29 is 14.3 Å². The Labute approximate surface area is 160 Å². The second kappa shape index (κ2) is 8.43. The van der Waals surface area contributed by atoms with Crippen LogP contribution in [0.4, 0.5) is 0 Å². The molecule has 0 bridgehead atoms. The molecular weight excluding hydrogens is 352 g/mol. The highest BCUT2D eigenvalue weighted by atomic mass is 35.5. The van der Waals surface area contributed by atoms with Gasteiger partial charge in [0.1, 0.15) is 12.1 Å². The fourth-order valence-electron chi connectivity index (χ4n) is 2.99. The van der Waals surface area contributed by atoms with Crippen LogP contribution < -0.4 is 15.2 Å². The summed E-state index contributed by atoms with van der Waals surface area (Å²) in [5, 5.41) is 0. The number of halogens is 1. The van der Waals surface area contributed by atoms with Crippen LogP contribution in [0.1, 0.15) is 19.4 Å². The van der Waals surface area contributed by atoms with E-state index in [9.17, 15) is 4.79 Å². The van der Waals surface area contributed by atoms with Gasteiger partial charge in [-0.2, -0.15) is 0 Å². The fourth-order valence-corrected chi connectivity index (χ4v) is 2.99.